The van der Waals surface area contributed by atoms with Crippen LogP contribution < -0.4 is 0 Å². The van der Waals surface area contributed by atoms with Gasteiger partial charge in [-0.3, -0.25) is 0 Å². The summed E-state index contributed by atoms with van der Waals surface area (Å²) in [6.07, 6.45) is -0.724. The van der Waals surface area contributed by atoms with Crippen molar-refractivity contribution in [1.82, 2.24) is 0 Å². The van der Waals surface area contributed by atoms with Gasteiger partial charge < -0.3 is 4.74 Å². The average Bonchev–Trinajstić information content (AvgIpc) is 2.05. The first-order chi connectivity index (χ1) is 5.81. The number of hydrogen-bond acceptors (Lipinski definition) is 5. The molecule has 6 heteroatoms. The number of hydrogen-bond donors (Lipinski definition) is 0. The van der Waals surface area contributed by atoms with Crippen LogP contribution in [0.2, 0.25) is 0 Å². The van der Waals surface area contributed by atoms with Crippen LogP contribution in [-0.4, -0.2) is 26.0 Å². The Morgan fingerprint density at radius 1 is 1.25 bits per heavy atom. The maximum Gasteiger partial charge on any atom is 0.452 e. The van der Waals surface area contributed by atoms with Crippen LogP contribution in [0, 0.1) is 0 Å². The minimum atomic E-state index is -0.724. The Labute approximate surface area is 70.4 Å². The van der Waals surface area contributed by atoms with Gasteiger partial charge in [-0.1, -0.05) is 5.11 Å². The summed E-state index contributed by atoms with van der Waals surface area (Å²) in [5.41, 5.74) is 0. The lowest BCUT2D eigenvalue weighted by atomic mass is 10.9. The van der Waals surface area contributed by atoms with Crippen molar-refractivity contribution < 1.29 is 19.3 Å². The molecule has 0 heterocycles. The van der Waals surface area contributed by atoms with Crippen LogP contribution in [-0.2, 0) is 14.5 Å². The summed E-state index contributed by atoms with van der Waals surface area (Å²) < 4.78 is 4.45. The van der Waals surface area contributed by atoms with Crippen molar-refractivity contribution in [1.29, 1.82) is 0 Å². The first kappa shape index (κ1) is 11.0. The molecule has 0 aromatic rings. The van der Waals surface area contributed by atoms with Gasteiger partial charge in [0.2, 0.25) is 0 Å². The zero-order valence-electron chi connectivity index (χ0n) is 7.15. The summed E-state index contributed by atoms with van der Waals surface area (Å²) >= 11 is 0. The van der Waals surface area contributed by atoms with Gasteiger partial charge in [-0.2, -0.15) is 5.11 Å². The van der Waals surface area contributed by atoms with Crippen LogP contribution in [0.15, 0.2) is 10.2 Å². The Morgan fingerprint density at radius 3 is 2.58 bits per heavy atom. The van der Waals surface area contributed by atoms with Crippen molar-refractivity contribution in [2.75, 3.05) is 19.9 Å². The molecule has 0 bridgehead atoms. The zero-order valence-corrected chi connectivity index (χ0v) is 7.15. The van der Waals surface area contributed by atoms with E-state index in [2.05, 4.69) is 24.7 Å². The van der Waals surface area contributed by atoms with E-state index in [0.29, 0.717) is 6.61 Å². The van der Waals surface area contributed by atoms with Gasteiger partial charge in [-0.05, 0) is 13.8 Å². The van der Waals surface area contributed by atoms with E-state index in [9.17, 15) is 4.79 Å². The zero-order chi connectivity index (χ0) is 9.23. The molecular weight excluding hydrogens is 164 g/mol. The fourth-order valence-corrected chi connectivity index (χ4v) is 0.383. The van der Waals surface area contributed by atoms with Crippen molar-refractivity contribution >= 4 is 6.09 Å². The van der Waals surface area contributed by atoms with Crippen molar-refractivity contribution in [3.8, 4) is 0 Å². The molecule has 0 saturated heterocycles. The van der Waals surface area contributed by atoms with Gasteiger partial charge in [0, 0.05) is 0 Å². The van der Waals surface area contributed by atoms with E-state index in [1.807, 2.05) is 0 Å². The van der Waals surface area contributed by atoms with E-state index >= 15 is 0 Å². The number of ether oxygens (including phenoxy) is 1. The smallest absolute Gasteiger partial charge is 0.447 e. The van der Waals surface area contributed by atoms with Crippen molar-refractivity contribution in [2.45, 2.75) is 13.8 Å². The Morgan fingerprint density at radius 2 is 2.00 bits per heavy atom. The molecule has 0 aliphatic rings. The molecule has 0 spiro atoms. The molecule has 1 amide bonds. The number of amides is 1. The van der Waals surface area contributed by atoms with Gasteiger partial charge in [0.25, 0.3) is 0 Å². The highest BCUT2D eigenvalue weighted by molar-refractivity contribution is 5.67. The second-order valence-electron chi connectivity index (χ2n) is 1.59. The second kappa shape index (κ2) is 8.09. The fraction of sp³-hybridized carbons (Fsp3) is 0.833. The third-order valence-corrected chi connectivity index (χ3v) is 0.732. The molecule has 0 aliphatic carbocycles. The molecule has 0 atom stereocenters. The summed E-state index contributed by atoms with van der Waals surface area (Å²) in [5, 5.41) is 6.48. The highest BCUT2D eigenvalue weighted by atomic mass is 17.2. The fourth-order valence-electron chi connectivity index (χ4n) is 0.383. The Bertz CT molecular complexity index is 148. The molecule has 0 saturated carbocycles. The molecule has 0 aromatic carbocycles. The summed E-state index contributed by atoms with van der Waals surface area (Å²) in [5.74, 6) is 0. The first-order valence-corrected chi connectivity index (χ1v) is 3.59. The lowest BCUT2D eigenvalue weighted by Crippen LogP contribution is -1.98. The van der Waals surface area contributed by atoms with Crippen molar-refractivity contribution in [3.63, 3.8) is 0 Å². The molecule has 0 unspecified atom stereocenters. The maximum absolute atomic E-state index is 10.5. The number of carbonyl (C=O) groups is 1. The van der Waals surface area contributed by atoms with E-state index in [4.69, 9.17) is 0 Å². The largest absolute Gasteiger partial charge is 0.452 e. The Kier molecular flexibility index (Phi) is 7.41. The van der Waals surface area contributed by atoms with Crippen LogP contribution in [0.1, 0.15) is 13.8 Å². The van der Waals surface area contributed by atoms with E-state index in [0.717, 1.165) is 0 Å². The van der Waals surface area contributed by atoms with Crippen LogP contribution in [0.5, 0.6) is 0 Å². The molecule has 0 radical (unpaired) electrons. The molecule has 0 aromatic heterocycles. The number of carbonyl (C=O) groups excluding carboxylic acids is 1. The van der Waals surface area contributed by atoms with Crippen LogP contribution in [0.3, 0.4) is 0 Å². The maximum atomic E-state index is 10.5. The number of rotatable bonds is 5. The summed E-state index contributed by atoms with van der Waals surface area (Å²) in [6, 6.07) is 0. The Hall–Kier alpha value is -1.01. The lowest BCUT2D eigenvalue weighted by Gasteiger charge is -1.95. The number of nitrogens with zero attached hydrogens (tertiary/aromatic N) is 2. The summed E-state index contributed by atoms with van der Waals surface area (Å²) in [6.45, 7) is 4.05. The number of azo groups is 1. The highest BCUT2D eigenvalue weighted by Crippen LogP contribution is 1.86. The topological polar surface area (TPSA) is 69.5 Å². The normalized spacial score (nSPS) is 10.5. The van der Waals surface area contributed by atoms with E-state index in [1.165, 1.54) is 0 Å². The predicted molar refractivity (Wildman–Crippen MR) is 39.5 cm³/mol. The van der Waals surface area contributed by atoms with Crippen molar-refractivity contribution in [3.05, 3.63) is 0 Å². The minimum Gasteiger partial charge on any atom is -0.447 e. The quantitative estimate of drug-likeness (QED) is 0.275. The molecule has 12 heavy (non-hydrogen) atoms. The van der Waals surface area contributed by atoms with Crippen molar-refractivity contribution in [2.24, 2.45) is 10.2 Å². The predicted octanol–water partition coefficient (Wildman–Crippen LogP) is 1.52. The third-order valence-electron chi connectivity index (χ3n) is 0.732. The monoisotopic (exact) mass is 176 g/mol. The van der Waals surface area contributed by atoms with Gasteiger partial charge in [-0.25, -0.2) is 14.6 Å². The molecule has 0 rings (SSSR count). The minimum absolute atomic E-state index is 0.105. The third kappa shape index (κ3) is 7.10. The molecule has 0 N–H and O–H groups in total. The molecule has 0 aliphatic heterocycles. The van der Waals surface area contributed by atoms with Gasteiger partial charge in [0.05, 0.1) is 13.2 Å². The van der Waals surface area contributed by atoms with E-state index < -0.39 is 6.09 Å². The SMILES string of the molecule is CCOOCN=NC(=O)OCC. The van der Waals surface area contributed by atoms with Gasteiger partial charge >= 0.3 is 6.09 Å². The second-order valence-corrected chi connectivity index (χ2v) is 1.59. The van der Waals surface area contributed by atoms with Crippen LogP contribution >= 0.6 is 0 Å². The van der Waals surface area contributed by atoms with Crippen LogP contribution in [0.4, 0.5) is 4.79 Å². The van der Waals surface area contributed by atoms with Gasteiger partial charge in [-0.15, -0.1) is 0 Å². The standard InChI is InChI=1S/C6H12N2O4/c1-3-10-6(9)8-7-5-12-11-4-2/h3-5H2,1-2H3. The van der Waals surface area contributed by atoms with E-state index in [-0.39, 0.29) is 13.3 Å². The molecule has 70 valence electrons. The van der Waals surface area contributed by atoms with E-state index in [1.54, 1.807) is 13.8 Å². The molecular formula is C6H12N2O4. The molecule has 0 fully saturated rings. The highest BCUT2D eigenvalue weighted by Gasteiger charge is 1.94. The Balaban J connectivity index is 3.29. The summed E-state index contributed by atoms with van der Waals surface area (Å²) in [4.78, 5) is 19.4. The first-order valence-electron chi connectivity index (χ1n) is 3.59. The van der Waals surface area contributed by atoms with Crippen LogP contribution in [0.25, 0.3) is 0 Å². The average molecular weight is 176 g/mol. The summed E-state index contributed by atoms with van der Waals surface area (Å²) in [7, 11) is 0. The lowest BCUT2D eigenvalue weighted by molar-refractivity contribution is -0.290. The molecule has 6 nitrogen and oxygen atoms in total. The van der Waals surface area contributed by atoms with Gasteiger partial charge in [0.15, 0.2) is 6.73 Å². The van der Waals surface area contributed by atoms with Gasteiger partial charge in [0.1, 0.15) is 0 Å².